The van der Waals surface area contributed by atoms with Crippen molar-refractivity contribution in [2.24, 2.45) is 0 Å². The third-order valence-corrected chi connectivity index (χ3v) is 10.0. The zero-order valence-electron chi connectivity index (χ0n) is 49.8. The molecule has 3 aliphatic rings. The molecule has 0 unspecified atom stereocenters. The van der Waals surface area contributed by atoms with Crippen LogP contribution in [0.4, 0.5) is 34.1 Å². The van der Waals surface area contributed by atoms with Gasteiger partial charge in [-0.15, -0.1) is 0 Å². The van der Waals surface area contributed by atoms with E-state index in [9.17, 15) is 20.6 Å². The molecule has 246 valence electrons. The van der Waals surface area contributed by atoms with Gasteiger partial charge < -0.3 is 18.8 Å². The Kier molecular flexibility index (Phi) is 2.72. The summed E-state index contributed by atoms with van der Waals surface area (Å²) in [6.07, 6.45) is 0. The Balaban J connectivity index is 1.37. The molecule has 0 amide bonds. The van der Waals surface area contributed by atoms with Gasteiger partial charge in [-0.3, -0.25) is 0 Å². The molecule has 0 saturated heterocycles. The van der Waals surface area contributed by atoms with Crippen molar-refractivity contribution in [1.29, 1.82) is 0 Å². The number of anilines is 6. The highest BCUT2D eigenvalue weighted by Crippen LogP contribution is 2.52. The van der Waals surface area contributed by atoms with Crippen LogP contribution in [0.5, 0.6) is 0 Å². The van der Waals surface area contributed by atoms with Gasteiger partial charge in [0.1, 0.15) is 11.2 Å². The lowest BCUT2D eigenvalue weighted by Crippen LogP contribution is -2.62. The van der Waals surface area contributed by atoms with Gasteiger partial charge >= 0.3 is 0 Å². The Morgan fingerprint density at radius 2 is 1.31 bits per heavy atom. The Morgan fingerprint density at radius 1 is 0.577 bits per heavy atom. The number of rotatable bonds is 1. The first kappa shape index (κ1) is 14.8. The fourth-order valence-corrected chi connectivity index (χ4v) is 7.88. The highest BCUT2D eigenvalue weighted by Gasteiger charge is 2.46. The maximum absolute atomic E-state index is 10.2. The Hall–Kier alpha value is -6.20. The number of para-hydroxylation sites is 4. The molecule has 4 nitrogen and oxygen atoms in total. The molecular weight excluding hydrogens is 633 g/mol. The monoisotopic (exact) mass is 689 g/mol. The molecule has 0 saturated carbocycles. The molecule has 12 rings (SSSR count). The topological polar surface area (TPSA) is 24.6 Å². The van der Waals surface area contributed by atoms with Crippen LogP contribution in [0.3, 0.4) is 0 Å². The van der Waals surface area contributed by atoms with Crippen molar-refractivity contribution < 1.29 is 34.6 Å². The number of hydrogen-bond acceptors (Lipinski definition) is 3. The molecule has 2 aromatic heterocycles. The van der Waals surface area contributed by atoms with Gasteiger partial charge in [0.05, 0.1) is 58.3 Å². The van der Waals surface area contributed by atoms with Crippen molar-refractivity contribution in [3.05, 3.63) is 144 Å². The fourth-order valence-electron chi connectivity index (χ4n) is 7.88. The van der Waals surface area contributed by atoms with Crippen molar-refractivity contribution in [3.8, 4) is 5.69 Å². The van der Waals surface area contributed by atoms with Gasteiger partial charge in [0.15, 0.2) is 0 Å². The van der Waals surface area contributed by atoms with E-state index >= 15 is 0 Å². The zero-order chi connectivity index (χ0) is 53.8. The molecule has 5 heteroatoms. The van der Waals surface area contributed by atoms with E-state index < -0.39 is 168 Å². The van der Waals surface area contributed by atoms with Gasteiger partial charge in [-0.1, -0.05) is 93.3 Å². The molecule has 3 aliphatic heterocycles. The van der Waals surface area contributed by atoms with E-state index in [1.807, 2.05) is 0 Å². The van der Waals surface area contributed by atoms with Gasteiger partial charge in [0.25, 0.3) is 6.71 Å². The molecule has 5 heterocycles. The second-order valence-electron chi connectivity index (χ2n) is 14.1. The molecular formula is C47H34BN3O. The number of aromatic nitrogens is 1. The highest BCUT2D eigenvalue weighted by molar-refractivity contribution is 7.00. The third-order valence-electron chi connectivity index (χ3n) is 10.0. The van der Waals surface area contributed by atoms with Gasteiger partial charge in [-0.2, -0.15) is 0 Å². The summed E-state index contributed by atoms with van der Waals surface area (Å²) in [5, 5.41) is -1.15. The summed E-state index contributed by atoms with van der Waals surface area (Å²) in [7, 11) is 0. The van der Waals surface area contributed by atoms with E-state index in [0.717, 1.165) is 4.90 Å². The van der Waals surface area contributed by atoms with E-state index in [1.54, 1.807) is 20.8 Å². The average Bonchev–Trinajstić information content (AvgIpc) is 3.93. The molecule has 0 radical (unpaired) electrons. The number of nitrogens with zero attached hydrogens (tertiary/aromatic N) is 3. The smallest absolute Gasteiger partial charge is 0.252 e. The molecule has 9 aromatic rings. The Labute approximate surface area is 333 Å². The van der Waals surface area contributed by atoms with Crippen LogP contribution in [0, 0.1) is 6.92 Å². The predicted molar refractivity (Wildman–Crippen MR) is 219 cm³/mol. The molecule has 52 heavy (non-hydrogen) atoms. The first-order valence-electron chi connectivity index (χ1n) is 27.5. The summed E-state index contributed by atoms with van der Waals surface area (Å²) >= 11 is 0. The summed E-state index contributed by atoms with van der Waals surface area (Å²) in [5.74, 6) is 0. The minimum absolute atomic E-state index is 0.00177. The number of fused-ring (bicyclic) bond motifs is 12. The van der Waals surface area contributed by atoms with E-state index in [1.165, 1.54) is 16.4 Å². The maximum Gasteiger partial charge on any atom is 0.252 e. The van der Waals surface area contributed by atoms with Gasteiger partial charge in [-0.05, 0) is 100 Å². The Morgan fingerprint density at radius 3 is 2.17 bits per heavy atom. The second-order valence-corrected chi connectivity index (χ2v) is 14.1. The largest absolute Gasteiger partial charge is 0.456 e. The SMILES string of the molecule is [2H]c1c([2H])c2c3c(c1[2H])-n1c4c([2H])c([2H])c([2H])c([2H])c4c4c([2H])c([2H])c([2H])c(c41)N3c1c([2H])c(C)c([2H])c3c1B2c1c([2H])c(C(C)(C)C)c([2H])c([2H])c1N3c1c([2H])c([2H])c2oc3c([2H])c([2H])c([2H])c([2H])c3c2c1[2H]. The van der Waals surface area contributed by atoms with Crippen LogP contribution in [0.1, 0.15) is 62.1 Å². The summed E-state index contributed by atoms with van der Waals surface area (Å²) in [4.78, 5) is 2.36. The fraction of sp³-hybridized carbons (Fsp3) is 0.106. The molecule has 0 bridgehead atoms. The van der Waals surface area contributed by atoms with Crippen LogP contribution in [0.15, 0.2) is 137 Å². The van der Waals surface area contributed by atoms with Crippen molar-refractivity contribution in [2.75, 3.05) is 9.80 Å². The normalized spacial score (nSPS) is 20.0. The summed E-state index contributed by atoms with van der Waals surface area (Å²) in [5.41, 5.74) is -5.36. The summed E-state index contributed by atoms with van der Waals surface area (Å²) < 4.78 is 213. The van der Waals surface area contributed by atoms with Crippen LogP contribution in [0.2, 0.25) is 0 Å². The van der Waals surface area contributed by atoms with Crippen LogP contribution < -0.4 is 26.2 Å². The standard InChI is InChI=1S/C47H34BN3O/c1-27-23-40-44-41(24-27)51-38-16-9-13-32-30-11-5-7-15-36(30)50(45(32)38)39-17-10-14-34(46(39)51)48(44)35-25-28(47(2,3)4)19-21-37(35)49(40)29-20-22-43-33(26-29)31-12-6-8-18-42(31)52-43/h5-26H,1-4H3/i5D,6D,7D,8D,9D,10D,11D,12D,13D,14D,15D,16D,17D,18D,19D,20D,21D,22D,23D,24D,25D,26D. The van der Waals surface area contributed by atoms with E-state index in [2.05, 4.69) is 0 Å². The predicted octanol–water partition coefficient (Wildman–Crippen LogP) is 10.7. The third kappa shape index (κ3) is 3.48. The number of benzene rings is 7. The highest BCUT2D eigenvalue weighted by atomic mass is 16.3. The van der Waals surface area contributed by atoms with Crippen molar-refractivity contribution in [2.45, 2.75) is 33.1 Å². The van der Waals surface area contributed by atoms with Gasteiger partial charge in [0.2, 0.25) is 0 Å². The molecule has 0 aliphatic carbocycles. The number of hydrogen-bond donors (Lipinski definition) is 0. The Bertz CT molecular complexity index is 4310. The van der Waals surface area contributed by atoms with E-state index in [0.29, 0.717) is 0 Å². The minimum atomic E-state index is -1.61. The molecule has 0 atom stereocenters. The zero-order valence-corrected chi connectivity index (χ0v) is 27.8. The van der Waals surface area contributed by atoms with Crippen LogP contribution in [-0.4, -0.2) is 11.3 Å². The van der Waals surface area contributed by atoms with Crippen LogP contribution in [-0.2, 0) is 5.41 Å². The second kappa shape index (κ2) is 9.57. The minimum Gasteiger partial charge on any atom is -0.456 e. The van der Waals surface area contributed by atoms with Crippen molar-refractivity contribution in [3.63, 3.8) is 0 Å². The average molecular weight is 690 g/mol. The summed E-state index contributed by atoms with van der Waals surface area (Å²) in [6.45, 7) is 4.86. The summed E-state index contributed by atoms with van der Waals surface area (Å²) in [6, 6.07) is -14.0. The van der Waals surface area contributed by atoms with Crippen molar-refractivity contribution >= 4 is 101 Å². The maximum atomic E-state index is 10.2. The quantitative estimate of drug-likeness (QED) is 0.160. The first-order valence-corrected chi connectivity index (χ1v) is 16.5. The van der Waals surface area contributed by atoms with Gasteiger partial charge in [-0.25, -0.2) is 0 Å². The molecule has 0 N–H and O–H groups in total. The van der Waals surface area contributed by atoms with E-state index in [-0.39, 0.29) is 88.5 Å². The lowest BCUT2D eigenvalue weighted by Gasteiger charge is -2.46. The van der Waals surface area contributed by atoms with Crippen LogP contribution in [0.25, 0.3) is 49.4 Å². The lowest BCUT2D eigenvalue weighted by molar-refractivity contribution is 0.591. The molecule has 0 fully saturated rings. The van der Waals surface area contributed by atoms with Gasteiger partial charge in [0, 0.05) is 44.3 Å². The first-order chi connectivity index (χ1) is 34.6. The number of furan rings is 1. The van der Waals surface area contributed by atoms with E-state index in [4.69, 9.17) is 14.0 Å². The molecule has 0 spiro atoms. The van der Waals surface area contributed by atoms with Crippen molar-refractivity contribution in [1.82, 2.24) is 4.57 Å². The lowest BCUT2D eigenvalue weighted by atomic mass is 9.33. The molecule has 7 aromatic carbocycles. The van der Waals surface area contributed by atoms with Crippen LogP contribution >= 0.6 is 0 Å².